The fourth-order valence-corrected chi connectivity index (χ4v) is 2.47. The van der Waals surface area contributed by atoms with Crippen LogP contribution in [0.5, 0.6) is 0 Å². The SMILES string of the molecule is CCNc1nc2c(Cl)ccc(Br)c2cc1CC. The van der Waals surface area contributed by atoms with Crippen molar-refractivity contribution in [2.75, 3.05) is 11.9 Å². The molecule has 2 nitrogen and oxygen atoms in total. The van der Waals surface area contributed by atoms with Crippen LogP contribution in [0.2, 0.25) is 5.02 Å². The summed E-state index contributed by atoms with van der Waals surface area (Å²) in [5.74, 6) is 0.933. The molecule has 0 aliphatic carbocycles. The molecule has 1 aromatic carbocycles. The first-order chi connectivity index (χ1) is 8.17. The van der Waals surface area contributed by atoms with Crippen LogP contribution in [-0.2, 0) is 6.42 Å². The van der Waals surface area contributed by atoms with Crippen molar-refractivity contribution >= 4 is 44.3 Å². The van der Waals surface area contributed by atoms with Crippen molar-refractivity contribution in [2.45, 2.75) is 20.3 Å². The Morgan fingerprint density at radius 1 is 1.35 bits per heavy atom. The normalized spacial score (nSPS) is 10.8. The second-order valence-electron chi connectivity index (χ2n) is 3.81. The number of nitrogens with one attached hydrogen (secondary N) is 1. The van der Waals surface area contributed by atoms with Crippen LogP contribution in [0.4, 0.5) is 5.82 Å². The summed E-state index contributed by atoms with van der Waals surface area (Å²) in [6, 6.07) is 5.97. The molecule has 0 saturated heterocycles. The summed E-state index contributed by atoms with van der Waals surface area (Å²) in [5.41, 5.74) is 2.05. The van der Waals surface area contributed by atoms with E-state index in [-0.39, 0.29) is 0 Å². The first-order valence-electron chi connectivity index (χ1n) is 5.68. The van der Waals surface area contributed by atoms with Crippen molar-refractivity contribution in [1.29, 1.82) is 0 Å². The zero-order chi connectivity index (χ0) is 12.4. The van der Waals surface area contributed by atoms with Gasteiger partial charge in [0.25, 0.3) is 0 Å². The third kappa shape index (κ3) is 2.40. The van der Waals surface area contributed by atoms with E-state index < -0.39 is 0 Å². The van der Waals surface area contributed by atoms with Gasteiger partial charge in [0, 0.05) is 16.4 Å². The molecule has 2 rings (SSSR count). The Hall–Kier alpha value is -0.800. The average Bonchev–Trinajstić information content (AvgIpc) is 2.34. The Morgan fingerprint density at radius 3 is 2.76 bits per heavy atom. The number of pyridine rings is 1. The lowest BCUT2D eigenvalue weighted by atomic mass is 10.1. The van der Waals surface area contributed by atoms with E-state index in [0.717, 1.165) is 34.2 Å². The van der Waals surface area contributed by atoms with Gasteiger partial charge >= 0.3 is 0 Å². The number of aromatic nitrogens is 1. The van der Waals surface area contributed by atoms with E-state index in [1.54, 1.807) is 0 Å². The maximum absolute atomic E-state index is 6.19. The van der Waals surface area contributed by atoms with Gasteiger partial charge < -0.3 is 5.32 Å². The van der Waals surface area contributed by atoms with Gasteiger partial charge in [0.2, 0.25) is 0 Å². The van der Waals surface area contributed by atoms with Gasteiger partial charge in [-0.15, -0.1) is 0 Å². The number of rotatable bonds is 3. The van der Waals surface area contributed by atoms with Crippen LogP contribution in [-0.4, -0.2) is 11.5 Å². The molecule has 0 radical (unpaired) electrons. The predicted octanol–water partition coefficient (Wildman–Crippen LogP) is 4.64. The van der Waals surface area contributed by atoms with Crippen LogP contribution >= 0.6 is 27.5 Å². The topological polar surface area (TPSA) is 24.9 Å². The molecule has 0 amide bonds. The number of hydrogen-bond donors (Lipinski definition) is 1. The number of benzene rings is 1. The largest absolute Gasteiger partial charge is 0.370 e. The lowest BCUT2D eigenvalue weighted by Gasteiger charge is -2.11. The highest BCUT2D eigenvalue weighted by Gasteiger charge is 2.09. The molecule has 0 aliphatic rings. The number of halogens is 2. The third-order valence-corrected chi connectivity index (χ3v) is 3.68. The molecule has 0 aliphatic heterocycles. The van der Waals surface area contributed by atoms with Crippen molar-refractivity contribution in [3.63, 3.8) is 0 Å². The van der Waals surface area contributed by atoms with Gasteiger partial charge in [-0.25, -0.2) is 4.98 Å². The third-order valence-electron chi connectivity index (χ3n) is 2.69. The highest BCUT2D eigenvalue weighted by atomic mass is 79.9. The van der Waals surface area contributed by atoms with Crippen LogP contribution in [0.15, 0.2) is 22.7 Å². The molecule has 17 heavy (non-hydrogen) atoms. The standard InChI is InChI=1S/C13H14BrClN2/c1-3-8-7-9-10(14)5-6-11(15)12(9)17-13(8)16-4-2/h5-7H,3-4H2,1-2H3,(H,16,17). The van der Waals surface area contributed by atoms with Crippen molar-refractivity contribution < 1.29 is 0 Å². The molecule has 1 N–H and O–H groups in total. The molecule has 0 saturated carbocycles. The van der Waals surface area contributed by atoms with E-state index >= 15 is 0 Å². The number of nitrogens with zero attached hydrogens (tertiary/aromatic N) is 1. The smallest absolute Gasteiger partial charge is 0.129 e. The summed E-state index contributed by atoms with van der Waals surface area (Å²) in [6.45, 7) is 5.05. The monoisotopic (exact) mass is 312 g/mol. The summed E-state index contributed by atoms with van der Waals surface area (Å²) in [7, 11) is 0. The Balaban J connectivity index is 2.73. The predicted molar refractivity (Wildman–Crippen MR) is 78.0 cm³/mol. The Kier molecular flexibility index (Phi) is 3.89. The Labute approximate surface area is 115 Å². The zero-order valence-corrected chi connectivity index (χ0v) is 12.2. The summed E-state index contributed by atoms with van der Waals surface area (Å²) >= 11 is 9.72. The van der Waals surface area contributed by atoms with Gasteiger partial charge in [0.1, 0.15) is 5.82 Å². The van der Waals surface area contributed by atoms with Gasteiger partial charge in [-0.1, -0.05) is 34.5 Å². The molecule has 1 heterocycles. The van der Waals surface area contributed by atoms with Crippen LogP contribution in [0, 0.1) is 0 Å². The highest BCUT2D eigenvalue weighted by molar-refractivity contribution is 9.10. The van der Waals surface area contributed by atoms with E-state index in [9.17, 15) is 0 Å². The Bertz CT molecular complexity index is 555. The van der Waals surface area contributed by atoms with E-state index in [2.05, 4.69) is 46.1 Å². The maximum Gasteiger partial charge on any atom is 0.129 e. The highest BCUT2D eigenvalue weighted by Crippen LogP contribution is 2.31. The van der Waals surface area contributed by atoms with Crippen molar-refractivity contribution in [2.24, 2.45) is 0 Å². The first-order valence-corrected chi connectivity index (χ1v) is 6.86. The quantitative estimate of drug-likeness (QED) is 0.892. The van der Waals surface area contributed by atoms with E-state index in [1.165, 1.54) is 5.56 Å². The van der Waals surface area contributed by atoms with E-state index in [1.807, 2.05) is 12.1 Å². The molecule has 4 heteroatoms. The number of fused-ring (bicyclic) bond motifs is 1. The van der Waals surface area contributed by atoms with E-state index in [4.69, 9.17) is 11.6 Å². The molecule has 0 spiro atoms. The molecule has 2 aromatic rings. The van der Waals surface area contributed by atoms with Gasteiger partial charge in [-0.2, -0.15) is 0 Å². The van der Waals surface area contributed by atoms with Crippen LogP contribution < -0.4 is 5.32 Å². The van der Waals surface area contributed by atoms with Gasteiger partial charge in [-0.3, -0.25) is 0 Å². The molecule has 0 fully saturated rings. The Morgan fingerprint density at radius 2 is 2.12 bits per heavy atom. The van der Waals surface area contributed by atoms with Gasteiger partial charge in [0.15, 0.2) is 0 Å². The minimum atomic E-state index is 0.685. The minimum Gasteiger partial charge on any atom is -0.370 e. The number of aryl methyl sites for hydroxylation is 1. The van der Waals surface area contributed by atoms with Crippen molar-refractivity contribution in [1.82, 2.24) is 4.98 Å². The molecule has 1 aromatic heterocycles. The lowest BCUT2D eigenvalue weighted by Crippen LogP contribution is -2.03. The summed E-state index contributed by atoms with van der Waals surface area (Å²) in [4.78, 5) is 4.62. The summed E-state index contributed by atoms with van der Waals surface area (Å²) in [5, 5.41) is 5.03. The van der Waals surface area contributed by atoms with Crippen LogP contribution in [0.1, 0.15) is 19.4 Å². The fraction of sp³-hybridized carbons (Fsp3) is 0.308. The van der Waals surface area contributed by atoms with Crippen LogP contribution in [0.25, 0.3) is 10.9 Å². The van der Waals surface area contributed by atoms with E-state index in [0.29, 0.717) is 5.02 Å². The van der Waals surface area contributed by atoms with Crippen LogP contribution in [0.3, 0.4) is 0 Å². The maximum atomic E-state index is 6.19. The first kappa shape index (κ1) is 12.7. The molecular formula is C13H14BrClN2. The van der Waals surface area contributed by atoms with Crippen molar-refractivity contribution in [3.8, 4) is 0 Å². The van der Waals surface area contributed by atoms with Crippen molar-refractivity contribution in [3.05, 3.63) is 33.3 Å². The number of hydrogen-bond acceptors (Lipinski definition) is 2. The zero-order valence-electron chi connectivity index (χ0n) is 9.85. The summed E-state index contributed by atoms with van der Waals surface area (Å²) < 4.78 is 1.03. The second kappa shape index (κ2) is 5.23. The molecule has 0 bridgehead atoms. The molecule has 90 valence electrons. The number of anilines is 1. The second-order valence-corrected chi connectivity index (χ2v) is 5.07. The molecular weight excluding hydrogens is 300 g/mol. The molecule has 0 unspecified atom stereocenters. The minimum absolute atomic E-state index is 0.685. The summed E-state index contributed by atoms with van der Waals surface area (Å²) in [6.07, 6.45) is 0.949. The van der Waals surface area contributed by atoms with Gasteiger partial charge in [-0.05, 0) is 37.1 Å². The molecule has 0 atom stereocenters. The average molecular weight is 314 g/mol. The fourth-order valence-electron chi connectivity index (χ4n) is 1.82. The lowest BCUT2D eigenvalue weighted by molar-refractivity contribution is 1.08. The van der Waals surface area contributed by atoms with Gasteiger partial charge in [0.05, 0.1) is 10.5 Å².